The Labute approximate surface area is 229 Å². The lowest BCUT2D eigenvalue weighted by Crippen LogP contribution is -2.58. The molecule has 4 aliphatic rings. The minimum Gasteiger partial charge on any atom is -0.376 e. The van der Waals surface area contributed by atoms with E-state index in [9.17, 15) is 9.59 Å². The number of carbonyl (C=O) groups excluding carboxylic acids is 2. The van der Waals surface area contributed by atoms with Gasteiger partial charge in [-0.2, -0.15) is 0 Å². The van der Waals surface area contributed by atoms with Crippen LogP contribution in [0.15, 0.2) is 24.4 Å². The van der Waals surface area contributed by atoms with Crippen molar-refractivity contribution in [2.75, 3.05) is 5.32 Å². The summed E-state index contributed by atoms with van der Waals surface area (Å²) in [6, 6.07) is 5.22. The monoisotopic (exact) mass is 542 g/mol. The molecule has 2 heterocycles. The van der Waals surface area contributed by atoms with Gasteiger partial charge >= 0.3 is 0 Å². The molecule has 0 aromatic carbocycles. The van der Waals surface area contributed by atoms with Crippen molar-refractivity contribution in [2.45, 2.75) is 102 Å². The lowest BCUT2D eigenvalue weighted by molar-refractivity contribution is -0.126. The predicted molar refractivity (Wildman–Crippen MR) is 150 cm³/mol. The molecule has 6 rings (SSSR count). The van der Waals surface area contributed by atoms with Crippen molar-refractivity contribution in [1.29, 1.82) is 0 Å². The molecule has 0 aliphatic heterocycles. The number of aromatic nitrogens is 1. The van der Waals surface area contributed by atoms with E-state index in [1.807, 2.05) is 25.1 Å². The molecule has 2 bridgehead atoms. The Hall–Kier alpha value is -2.12. The molecule has 4 fully saturated rings. The first-order valence-corrected chi connectivity index (χ1v) is 15.1. The quantitative estimate of drug-likeness (QED) is 0.325. The lowest BCUT2D eigenvalue weighted by Gasteiger charge is -2.47. The largest absolute Gasteiger partial charge is 0.376 e. The fourth-order valence-corrected chi connectivity index (χ4v) is 7.56. The molecule has 0 saturated heterocycles. The molecule has 4 saturated carbocycles. The summed E-state index contributed by atoms with van der Waals surface area (Å²) in [5.74, 6) is 1.20. The molecule has 4 aliphatic carbocycles. The van der Waals surface area contributed by atoms with E-state index in [-0.39, 0.29) is 23.4 Å². The average molecular weight is 543 g/mol. The van der Waals surface area contributed by atoms with Gasteiger partial charge in [0.05, 0.1) is 27.3 Å². The van der Waals surface area contributed by atoms with Crippen molar-refractivity contribution in [3.05, 3.63) is 44.9 Å². The van der Waals surface area contributed by atoms with E-state index in [1.54, 1.807) is 6.20 Å². The first-order chi connectivity index (χ1) is 17.8. The average Bonchev–Trinajstić information content (AvgIpc) is 3.59. The number of carbonyl (C=O) groups is 2. The number of nitrogens with one attached hydrogen (secondary N) is 3. The maximum atomic E-state index is 13.6. The fourth-order valence-electron chi connectivity index (χ4n) is 6.49. The number of nitrogens with zero attached hydrogens (tertiary/aromatic N) is 1. The van der Waals surface area contributed by atoms with Crippen molar-refractivity contribution in [2.24, 2.45) is 11.8 Å². The number of hydrogen-bond donors (Lipinski definition) is 3. The van der Waals surface area contributed by atoms with Crippen molar-refractivity contribution in [3.63, 3.8) is 0 Å². The number of hydrogen-bond acceptors (Lipinski definition) is 5. The van der Waals surface area contributed by atoms with Crippen LogP contribution in [0.2, 0.25) is 5.02 Å². The first kappa shape index (κ1) is 26.5. The van der Waals surface area contributed by atoms with Crippen LogP contribution in [0.1, 0.15) is 104 Å². The summed E-state index contributed by atoms with van der Waals surface area (Å²) >= 11 is 7.58. The second-order valence-corrected chi connectivity index (χ2v) is 13.1. The van der Waals surface area contributed by atoms with Gasteiger partial charge in [-0.3, -0.25) is 14.6 Å². The summed E-state index contributed by atoms with van der Waals surface area (Å²) in [5, 5.41) is 10.6. The normalized spacial score (nSPS) is 25.0. The molecule has 8 heteroatoms. The number of rotatable bonds is 9. The van der Waals surface area contributed by atoms with Gasteiger partial charge < -0.3 is 16.0 Å². The number of thiophene rings is 1. The predicted octanol–water partition coefficient (Wildman–Crippen LogP) is 6.80. The van der Waals surface area contributed by atoms with E-state index in [0.29, 0.717) is 15.8 Å². The zero-order valence-corrected chi connectivity index (χ0v) is 23.5. The van der Waals surface area contributed by atoms with Crippen LogP contribution in [0, 0.1) is 18.8 Å². The summed E-state index contributed by atoms with van der Waals surface area (Å²) in [4.78, 5) is 32.9. The Morgan fingerprint density at radius 3 is 2.54 bits per heavy atom. The molecule has 0 radical (unpaired) electrons. The fraction of sp³-hybridized carbons (Fsp3) is 0.621. The van der Waals surface area contributed by atoms with Crippen LogP contribution < -0.4 is 16.0 Å². The van der Waals surface area contributed by atoms with E-state index >= 15 is 0 Å². The zero-order chi connectivity index (χ0) is 26.0. The Bertz CT molecular complexity index is 1110. The second-order valence-electron chi connectivity index (χ2n) is 11.5. The number of fused-ring (bicyclic) bond motifs is 3. The summed E-state index contributed by atoms with van der Waals surface area (Å²) in [6.45, 7) is 4.00. The Kier molecular flexibility index (Phi) is 8.10. The van der Waals surface area contributed by atoms with Crippen LogP contribution in [-0.2, 0) is 4.79 Å². The van der Waals surface area contributed by atoms with Crippen molar-refractivity contribution >= 4 is 40.4 Å². The van der Waals surface area contributed by atoms with E-state index in [4.69, 9.17) is 11.6 Å². The van der Waals surface area contributed by atoms with Crippen LogP contribution in [0.3, 0.4) is 0 Å². The minimum atomic E-state index is -0.481. The number of halogens is 1. The molecule has 6 nitrogen and oxygen atoms in total. The van der Waals surface area contributed by atoms with Gasteiger partial charge in [0, 0.05) is 16.6 Å². The van der Waals surface area contributed by atoms with Crippen LogP contribution in [-0.4, -0.2) is 28.4 Å². The third-order valence-corrected chi connectivity index (χ3v) is 10.3. The molecule has 2 aromatic heterocycles. The maximum absolute atomic E-state index is 13.6. The number of anilines is 1. The third kappa shape index (κ3) is 6.31. The van der Waals surface area contributed by atoms with E-state index in [2.05, 4.69) is 27.9 Å². The van der Waals surface area contributed by atoms with Crippen LogP contribution in [0.4, 0.5) is 5.69 Å². The molecule has 2 aromatic rings. The molecular formula is C29H39ClN4O2S. The molecule has 0 spiro atoms. The molecular weight excluding hydrogens is 504 g/mol. The van der Waals surface area contributed by atoms with Crippen LogP contribution in [0.5, 0.6) is 0 Å². The Balaban J connectivity index is 1.25. The van der Waals surface area contributed by atoms with E-state index in [0.717, 1.165) is 60.7 Å². The molecule has 0 unspecified atom stereocenters. The molecule has 37 heavy (non-hydrogen) atoms. The second kappa shape index (κ2) is 11.3. The van der Waals surface area contributed by atoms with Crippen molar-refractivity contribution in [1.82, 2.24) is 15.6 Å². The minimum absolute atomic E-state index is 0.0105. The number of pyridine rings is 1. The van der Waals surface area contributed by atoms with Gasteiger partial charge in [0.2, 0.25) is 5.91 Å². The standard InChI is InChI=1S/C29H39ClN4O2S/c1-18-23(16-22(30)17-31-18)32-19(2)25-7-8-26(37-25)28(36)33-24(15-21-5-3-4-6-21)27(35)34-29-12-9-20(10-13-29)11-14-29/h7-8,16-17,19-21,24,32H,3-6,9-15H2,1-2H3,(H,33,36)(H,34,35)/t19-,20?,24-,29?/m0/s1. The van der Waals surface area contributed by atoms with Gasteiger partial charge in [0.25, 0.3) is 5.91 Å². The smallest absolute Gasteiger partial charge is 0.262 e. The maximum Gasteiger partial charge on any atom is 0.262 e. The number of amides is 2. The van der Waals surface area contributed by atoms with Crippen molar-refractivity contribution < 1.29 is 9.59 Å². The highest BCUT2D eigenvalue weighted by Gasteiger charge is 2.42. The van der Waals surface area contributed by atoms with Gasteiger partial charge in [-0.25, -0.2) is 0 Å². The van der Waals surface area contributed by atoms with E-state index in [1.165, 1.54) is 43.4 Å². The highest BCUT2D eigenvalue weighted by molar-refractivity contribution is 7.14. The summed E-state index contributed by atoms with van der Waals surface area (Å²) in [7, 11) is 0. The van der Waals surface area contributed by atoms with Gasteiger partial charge in [-0.15, -0.1) is 11.3 Å². The SMILES string of the molecule is Cc1ncc(Cl)cc1N[C@@H](C)c1ccc(C(=O)N[C@@H](CC2CCCC2)C(=O)NC23CCC(CC2)CC3)s1. The Morgan fingerprint density at radius 2 is 1.84 bits per heavy atom. The lowest BCUT2D eigenvalue weighted by atomic mass is 9.65. The van der Waals surface area contributed by atoms with Gasteiger partial charge in [0.1, 0.15) is 6.04 Å². The summed E-state index contributed by atoms with van der Waals surface area (Å²) < 4.78 is 0. The number of aryl methyl sites for hydroxylation is 1. The van der Waals surface area contributed by atoms with Crippen LogP contribution >= 0.6 is 22.9 Å². The molecule has 2 amide bonds. The van der Waals surface area contributed by atoms with Gasteiger partial charge in [0.15, 0.2) is 0 Å². The molecule has 3 N–H and O–H groups in total. The topological polar surface area (TPSA) is 83.1 Å². The van der Waals surface area contributed by atoms with Crippen molar-refractivity contribution in [3.8, 4) is 0 Å². The summed E-state index contributed by atoms with van der Waals surface area (Å²) in [5.41, 5.74) is 1.69. The first-order valence-electron chi connectivity index (χ1n) is 13.9. The van der Waals surface area contributed by atoms with Gasteiger partial charge in [-0.1, -0.05) is 37.3 Å². The molecule has 2 atom stereocenters. The van der Waals surface area contributed by atoms with Gasteiger partial charge in [-0.05, 0) is 88.8 Å². The van der Waals surface area contributed by atoms with E-state index < -0.39 is 6.04 Å². The molecule has 200 valence electrons. The summed E-state index contributed by atoms with van der Waals surface area (Å²) in [6.07, 6.45) is 14.0. The highest BCUT2D eigenvalue weighted by Crippen LogP contribution is 2.44. The highest BCUT2D eigenvalue weighted by atomic mass is 35.5. The Morgan fingerprint density at radius 1 is 1.14 bits per heavy atom. The zero-order valence-electron chi connectivity index (χ0n) is 21.9. The third-order valence-electron chi connectivity index (χ3n) is 8.85. The van der Waals surface area contributed by atoms with Crippen LogP contribution in [0.25, 0.3) is 0 Å².